The molecule has 0 bridgehead atoms. The van der Waals surface area contributed by atoms with Gasteiger partial charge in [-0.1, -0.05) is 52.0 Å². The average molecular weight is 526 g/mol. The van der Waals surface area contributed by atoms with Crippen molar-refractivity contribution >= 4 is 76.2 Å². The number of hydrogen-bond donors (Lipinski definition) is 1. The molecule has 5 nitrogen and oxygen atoms in total. The molecule has 8 rings (SSSR count). The normalized spacial score (nSPS) is 13.6. The zero-order chi connectivity index (χ0) is 26.4. The lowest BCUT2D eigenvalue weighted by Gasteiger charge is -2.12. The molecule has 0 radical (unpaired) electrons. The van der Waals surface area contributed by atoms with Crippen LogP contribution in [0, 0.1) is 5.92 Å². The van der Waals surface area contributed by atoms with Crippen molar-refractivity contribution in [3.63, 3.8) is 0 Å². The Kier molecular flexibility index (Phi) is 4.77. The van der Waals surface area contributed by atoms with E-state index in [4.69, 9.17) is 15.0 Å². The summed E-state index contributed by atoms with van der Waals surface area (Å²) >= 11 is 1.81. The van der Waals surface area contributed by atoms with Crippen LogP contribution in [-0.4, -0.2) is 25.9 Å². The highest BCUT2D eigenvalue weighted by Crippen LogP contribution is 2.46. The van der Waals surface area contributed by atoms with Gasteiger partial charge in [0.15, 0.2) is 0 Å². The van der Waals surface area contributed by atoms with Crippen LogP contribution in [0.5, 0.6) is 0 Å². The van der Waals surface area contributed by atoms with Gasteiger partial charge in [0, 0.05) is 55.9 Å². The minimum Gasteiger partial charge on any atom is -0.285 e. The highest BCUT2D eigenvalue weighted by molar-refractivity contribution is 7.18. The summed E-state index contributed by atoms with van der Waals surface area (Å²) in [4.78, 5) is 14.9. The largest absolute Gasteiger partial charge is 0.285 e. The van der Waals surface area contributed by atoms with Gasteiger partial charge in [-0.3, -0.25) is 10.1 Å². The van der Waals surface area contributed by atoms with Crippen molar-refractivity contribution in [2.24, 2.45) is 10.9 Å². The Morgan fingerprint density at radius 2 is 1.49 bits per heavy atom. The van der Waals surface area contributed by atoms with Crippen molar-refractivity contribution in [2.75, 3.05) is 0 Å². The molecule has 0 unspecified atom stereocenters. The summed E-state index contributed by atoms with van der Waals surface area (Å²) in [6.07, 6.45) is 4.80. The summed E-state index contributed by atoms with van der Waals surface area (Å²) < 4.78 is 1.32. The molecule has 0 aliphatic carbocycles. The second-order valence-corrected chi connectivity index (χ2v) is 12.2. The summed E-state index contributed by atoms with van der Waals surface area (Å²) in [6.45, 7) is 8.76. The number of nitrogens with one attached hydrogen (secondary N) is 1. The summed E-state index contributed by atoms with van der Waals surface area (Å²) in [5.41, 5.74) is 8.12. The highest BCUT2D eigenvalue weighted by Gasteiger charge is 2.24. The number of benzene rings is 4. The number of aliphatic imine (C=N–C) groups is 1. The summed E-state index contributed by atoms with van der Waals surface area (Å²) in [7, 11) is 0. The van der Waals surface area contributed by atoms with Gasteiger partial charge in [0.1, 0.15) is 11.3 Å². The number of aromatic nitrogens is 4. The minimum absolute atomic E-state index is 0.264. The molecule has 7 aromatic rings. The molecule has 1 N–H and O–H groups in total. The lowest BCUT2D eigenvalue weighted by molar-refractivity contribution is 0.799. The van der Waals surface area contributed by atoms with E-state index in [9.17, 15) is 0 Å². The van der Waals surface area contributed by atoms with Gasteiger partial charge < -0.3 is 0 Å². The molecule has 6 heteroatoms. The maximum Gasteiger partial charge on any atom is 0.132 e. The first-order valence-corrected chi connectivity index (χ1v) is 14.5. The van der Waals surface area contributed by atoms with Gasteiger partial charge in [0.25, 0.3) is 0 Å². The Hall–Kier alpha value is -4.16. The molecule has 1 aliphatic heterocycles. The molecule has 0 spiro atoms. The van der Waals surface area contributed by atoms with Crippen molar-refractivity contribution < 1.29 is 0 Å². The van der Waals surface area contributed by atoms with E-state index < -0.39 is 0 Å². The summed E-state index contributed by atoms with van der Waals surface area (Å²) in [5.74, 6) is 1.60. The average Bonchev–Trinajstić information content (AvgIpc) is 3.71. The number of fused-ring (bicyclic) bond motifs is 12. The van der Waals surface area contributed by atoms with Gasteiger partial charge >= 0.3 is 0 Å². The molecule has 0 saturated carbocycles. The van der Waals surface area contributed by atoms with Gasteiger partial charge in [-0.25, -0.2) is 9.97 Å². The van der Waals surface area contributed by atoms with Crippen LogP contribution < -0.4 is 0 Å². The fourth-order valence-electron chi connectivity index (χ4n) is 6.08. The standard InChI is InChI=1S/C33H27N5S/c1-16(2)28-13-24-20-7-5-19(12-25(20)32-22(9-10-39-32)29(24)36-28)18-6-8-21-23(11-18)26-14-34-35-15-27(26)31-30(21)37-33(38-31)17(3)4/h5-12,14-17,34H,13H2,1-4H3. The molecule has 4 aromatic carbocycles. The van der Waals surface area contributed by atoms with Crippen LogP contribution in [0.1, 0.15) is 45.0 Å². The maximum absolute atomic E-state index is 5.09. The SMILES string of the molecule is CC(C)C1=Nc2c(c3ccc(-c4ccc5c(c4)c4c[nH]ncc4c4nc(C(C)C)nc54)cc3c3sccc23)C1. The van der Waals surface area contributed by atoms with Crippen molar-refractivity contribution in [3.8, 4) is 11.1 Å². The van der Waals surface area contributed by atoms with Gasteiger partial charge in [-0.05, 0) is 57.0 Å². The first-order chi connectivity index (χ1) is 19.0. The smallest absolute Gasteiger partial charge is 0.132 e. The van der Waals surface area contributed by atoms with Crippen LogP contribution >= 0.6 is 11.3 Å². The molecule has 0 fully saturated rings. The number of thiophene rings is 1. The van der Waals surface area contributed by atoms with E-state index in [1.54, 1.807) is 0 Å². The maximum atomic E-state index is 5.09. The van der Waals surface area contributed by atoms with Crippen LogP contribution in [0.15, 0.2) is 65.2 Å². The quantitative estimate of drug-likeness (QED) is 0.234. The van der Waals surface area contributed by atoms with E-state index in [1.807, 2.05) is 23.7 Å². The topological polar surface area (TPSA) is 66.8 Å². The Morgan fingerprint density at radius 3 is 2.26 bits per heavy atom. The molecule has 0 amide bonds. The monoisotopic (exact) mass is 525 g/mol. The van der Waals surface area contributed by atoms with E-state index in [2.05, 4.69) is 85.7 Å². The number of hydrogen-bond acceptors (Lipinski definition) is 5. The van der Waals surface area contributed by atoms with Crippen LogP contribution in [-0.2, 0) is 6.42 Å². The molecule has 0 atom stereocenters. The predicted octanol–water partition coefficient (Wildman–Crippen LogP) is 9.10. The third-order valence-electron chi connectivity index (χ3n) is 8.19. The van der Waals surface area contributed by atoms with Crippen LogP contribution in [0.3, 0.4) is 0 Å². The van der Waals surface area contributed by atoms with Gasteiger partial charge in [-0.15, -0.1) is 11.3 Å². The summed E-state index contributed by atoms with van der Waals surface area (Å²) in [6, 6.07) is 15.9. The zero-order valence-corrected chi connectivity index (χ0v) is 23.1. The molecular weight excluding hydrogens is 498 g/mol. The third-order valence-corrected chi connectivity index (χ3v) is 9.14. The minimum atomic E-state index is 0.264. The van der Waals surface area contributed by atoms with Crippen LogP contribution in [0.2, 0.25) is 0 Å². The summed E-state index contributed by atoms with van der Waals surface area (Å²) in [5, 5.41) is 17.9. The first-order valence-electron chi connectivity index (χ1n) is 13.6. The molecule has 190 valence electrons. The second kappa shape index (κ2) is 8.17. The van der Waals surface area contributed by atoms with E-state index in [1.165, 1.54) is 48.9 Å². The third kappa shape index (κ3) is 3.24. The number of imidazole rings is 1. The lowest BCUT2D eigenvalue weighted by Crippen LogP contribution is -2.06. The molecule has 3 aromatic heterocycles. The van der Waals surface area contributed by atoms with E-state index >= 15 is 0 Å². The number of aromatic amines is 1. The number of H-pyrrole nitrogens is 1. The Morgan fingerprint density at radius 1 is 0.744 bits per heavy atom. The zero-order valence-electron chi connectivity index (χ0n) is 22.3. The van der Waals surface area contributed by atoms with Gasteiger partial charge in [-0.2, -0.15) is 5.10 Å². The van der Waals surface area contributed by atoms with Crippen molar-refractivity contribution in [2.45, 2.75) is 40.0 Å². The highest BCUT2D eigenvalue weighted by atomic mass is 32.1. The van der Waals surface area contributed by atoms with Crippen LogP contribution in [0.4, 0.5) is 5.69 Å². The molecular formula is C33H27N5S. The molecule has 0 saturated heterocycles. The first kappa shape index (κ1) is 22.8. The lowest BCUT2D eigenvalue weighted by atomic mass is 9.92. The second-order valence-electron chi connectivity index (χ2n) is 11.2. The molecule has 1 aliphatic rings. The van der Waals surface area contributed by atoms with Crippen molar-refractivity contribution in [1.82, 2.24) is 20.2 Å². The van der Waals surface area contributed by atoms with E-state index in [-0.39, 0.29) is 5.92 Å². The van der Waals surface area contributed by atoms with Crippen molar-refractivity contribution in [3.05, 3.63) is 71.6 Å². The number of rotatable bonds is 3. The number of nitrogens with zero attached hydrogens (tertiary/aromatic N) is 4. The Balaban J connectivity index is 1.36. The van der Waals surface area contributed by atoms with Crippen LogP contribution in [0.25, 0.3) is 64.6 Å². The predicted molar refractivity (Wildman–Crippen MR) is 165 cm³/mol. The molecule has 4 heterocycles. The fourth-order valence-corrected chi connectivity index (χ4v) is 7.01. The fraction of sp³-hybridized carbons (Fsp3) is 0.212. The van der Waals surface area contributed by atoms with E-state index in [0.29, 0.717) is 5.92 Å². The Labute approximate surface area is 229 Å². The van der Waals surface area contributed by atoms with Crippen molar-refractivity contribution in [1.29, 1.82) is 0 Å². The van der Waals surface area contributed by atoms with Gasteiger partial charge in [0.05, 0.1) is 17.4 Å². The Bertz CT molecular complexity index is 2160. The van der Waals surface area contributed by atoms with E-state index in [0.717, 1.165) is 44.8 Å². The molecule has 39 heavy (non-hydrogen) atoms. The van der Waals surface area contributed by atoms with Gasteiger partial charge in [0.2, 0.25) is 0 Å².